The fourth-order valence-corrected chi connectivity index (χ4v) is 1.48. The van der Waals surface area contributed by atoms with Crippen LogP contribution in [0.2, 0.25) is 0 Å². The van der Waals surface area contributed by atoms with Gasteiger partial charge in [-0.2, -0.15) is 5.48 Å². The van der Waals surface area contributed by atoms with Gasteiger partial charge < -0.3 is 4.84 Å². The number of hydrogen-bond donors (Lipinski definition) is 1. The van der Waals surface area contributed by atoms with E-state index in [1.54, 1.807) is 0 Å². The molecular formula is C12H25NO2. The third-order valence-electron chi connectivity index (χ3n) is 2.35. The molecule has 0 fully saturated rings. The predicted molar refractivity (Wildman–Crippen MR) is 62.4 cm³/mol. The zero-order valence-electron chi connectivity index (χ0n) is 10.2. The van der Waals surface area contributed by atoms with Crippen LogP contribution in [0.15, 0.2) is 0 Å². The minimum atomic E-state index is -0.269. The molecule has 3 nitrogen and oxygen atoms in total. The van der Waals surface area contributed by atoms with Crippen LogP contribution in [0.1, 0.15) is 65.2 Å². The molecule has 0 unspecified atom stereocenters. The summed E-state index contributed by atoms with van der Waals surface area (Å²) in [6.07, 6.45) is 10.4. The molecule has 0 rings (SSSR count). The van der Waals surface area contributed by atoms with Gasteiger partial charge in [0.05, 0.1) is 0 Å². The molecule has 0 bridgehead atoms. The van der Waals surface area contributed by atoms with E-state index in [2.05, 4.69) is 17.2 Å². The van der Waals surface area contributed by atoms with Crippen molar-refractivity contribution in [3.05, 3.63) is 0 Å². The van der Waals surface area contributed by atoms with Crippen LogP contribution in [0, 0.1) is 0 Å². The Morgan fingerprint density at radius 3 is 2.07 bits per heavy atom. The van der Waals surface area contributed by atoms with E-state index in [1.165, 1.54) is 51.9 Å². The van der Waals surface area contributed by atoms with Gasteiger partial charge in [0.25, 0.3) is 0 Å². The summed E-state index contributed by atoms with van der Waals surface area (Å²) in [5.41, 5.74) is 2.65. The highest BCUT2D eigenvalue weighted by Crippen LogP contribution is 2.07. The fraction of sp³-hybridized carbons (Fsp3) is 0.917. The molecule has 0 atom stereocenters. The number of carbonyl (C=O) groups excluding carboxylic acids is 1. The van der Waals surface area contributed by atoms with Crippen molar-refractivity contribution >= 4 is 5.97 Å². The van der Waals surface area contributed by atoms with E-state index < -0.39 is 0 Å². The summed E-state index contributed by atoms with van der Waals surface area (Å²) in [6.45, 7) is 4.41. The maximum Gasteiger partial charge on any atom is 0.321 e. The first-order chi connectivity index (χ1) is 7.27. The van der Waals surface area contributed by atoms with Crippen molar-refractivity contribution in [2.45, 2.75) is 65.2 Å². The van der Waals surface area contributed by atoms with Crippen molar-refractivity contribution in [2.75, 3.05) is 6.54 Å². The molecule has 0 radical (unpaired) electrons. The third kappa shape index (κ3) is 13.4. The average Bonchev–Trinajstić information content (AvgIpc) is 2.20. The lowest BCUT2D eigenvalue weighted by molar-refractivity contribution is -0.148. The number of nitrogens with one attached hydrogen (secondary N) is 1. The van der Waals surface area contributed by atoms with Gasteiger partial charge in [-0.25, -0.2) is 0 Å². The van der Waals surface area contributed by atoms with Crippen LogP contribution in [0.4, 0.5) is 0 Å². The smallest absolute Gasteiger partial charge is 0.321 e. The number of unbranched alkanes of at least 4 members (excludes halogenated alkanes) is 7. The largest absolute Gasteiger partial charge is 0.371 e. The number of carbonyl (C=O) groups is 1. The molecule has 0 aliphatic carbocycles. The van der Waals surface area contributed by atoms with Crippen LogP contribution in [0.5, 0.6) is 0 Å². The lowest BCUT2D eigenvalue weighted by Crippen LogP contribution is -2.18. The van der Waals surface area contributed by atoms with Crippen molar-refractivity contribution in [1.29, 1.82) is 0 Å². The van der Waals surface area contributed by atoms with E-state index in [0.717, 1.165) is 13.0 Å². The molecule has 0 amide bonds. The van der Waals surface area contributed by atoms with Crippen molar-refractivity contribution in [3.8, 4) is 0 Å². The first kappa shape index (κ1) is 14.4. The van der Waals surface area contributed by atoms with Crippen LogP contribution in [-0.4, -0.2) is 12.5 Å². The zero-order valence-corrected chi connectivity index (χ0v) is 10.2. The molecule has 0 heterocycles. The van der Waals surface area contributed by atoms with E-state index in [4.69, 9.17) is 0 Å². The molecule has 90 valence electrons. The number of rotatable bonds is 10. The molecule has 15 heavy (non-hydrogen) atoms. The monoisotopic (exact) mass is 215 g/mol. The van der Waals surface area contributed by atoms with Gasteiger partial charge in [0.1, 0.15) is 0 Å². The van der Waals surface area contributed by atoms with Crippen molar-refractivity contribution in [1.82, 2.24) is 5.48 Å². The quantitative estimate of drug-likeness (QED) is 0.449. The number of hydrogen-bond acceptors (Lipinski definition) is 3. The van der Waals surface area contributed by atoms with Crippen molar-refractivity contribution in [3.63, 3.8) is 0 Å². The van der Waals surface area contributed by atoms with Gasteiger partial charge in [0.2, 0.25) is 0 Å². The van der Waals surface area contributed by atoms with E-state index in [1.807, 2.05) is 0 Å². The van der Waals surface area contributed by atoms with Gasteiger partial charge in [0.15, 0.2) is 0 Å². The second kappa shape index (κ2) is 11.5. The van der Waals surface area contributed by atoms with Crippen molar-refractivity contribution < 1.29 is 9.63 Å². The van der Waals surface area contributed by atoms with Crippen LogP contribution in [0.3, 0.4) is 0 Å². The topological polar surface area (TPSA) is 38.3 Å². The maximum absolute atomic E-state index is 10.4. The van der Waals surface area contributed by atoms with Gasteiger partial charge in [-0.05, 0) is 6.42 Å². The summed E-state index contributed by atoms with van der Waals surface area (Å²) in [4.78, 5) is 15.0. The minimum absolute atomic E-state index is 0.269. The second-order valence-corrected chi connectivity index (χ2v) is 3.96. The van der Waals surface area contributed by atoms with Crippen LogP contribution < -0.4 is 5.48 Å². The summed E-state index contributed by atoms with van der Waals surface area (Å²) in [5.74, 6) is -0.269. The maximum atomic E-state index is 10.4. The molecule has 3 heteroatoms. The molecule has 0 aromatic heterocycles. The van der Waals surface area contributed by atoms with Gasteiger partial charge in [0, 0.05) is 13.5 Å². The lowest BCUT2D eigenvalue weighted by Gasteiger charge is -2.03. The summed E-state index contributed by atoms with van der Waals surface area (Å²) in [6, 6.07) is 0. The second-order valence-electron chi connectivity index (χ2n) is 3.96. The van der Waals surface area contributed by atoms with Gasteiger partial charge in [-0.3, -0.25) is 4.79 Å². The Bertz CT molecular complexity index is 149. The number of hydroxylamine groups is 1. The van der Waals surface area contributed by atoms with Gasteiger partial charge in [-0.15, -0.1) is 0 Å². The average molecular weight is 215 g/mol. The summed E-state index contributed by atoms with van der Waals surface area (Å²) >= 11 is 0. The van der Waals surface area contributed by atoms with Crippen LogP contribution in [-0.2, 0) is 9.63 Å². The summed E-state index contributed by atoms with van der Waals surface area (Å²) in [5, 5.41) is 0. The standard InChI is InChI=1S/C12H25NO2/c1-3-4-5-6-7-8-9-10-11-13-15-12(2)14/h13H,3-11H2,1-2H3. The third-order valence-corrected chi connectivity index (χ3v) is 2.35. The molecular weight excluding hydrogens is 190 g/mol. The van der Waals surface area contributed by atoms with E-state index >= 15 is 0 Å². The van der Waals surface area contributed by atoms with Crippen LogP contribution in [0.25, 0.3) is 0 Å². The molecule has 0 saturated carbocycles. The first-order valence-electron chi connectivity index (χ1n) is 6.17. The molecule has 0 aromatic rings. The van der Waals surface area contributed by atoms with E-state index in [-0.39, 0.29) is 5.97 Å². The molecule has 0 spiro atoms. The highest BCUT2D eigenvalue weighted by atomic mass is 16.7. The Morgan fingerprint density at radius 1 is 1.00 bits per heavy atom. The molecule has 0 aliphatic heterocycles. The molecule has 1 N–H and O–H groups in total. The van der Waals surface area contributed by atoms with E-state index in [0.29, 0.717) is 0 Å². The summed E-state index contributed by atoms with van der Waals surface area (Å²) in [7, 11) is 0. The Balaban J connectivity index is 2.89. The molecule has 0 aromatic carbocycles. The highest BCUT2D eigenvalue weighted by Gasteiger charge is 1.93. The fourth-order valence-electron chi connectivity index (χ4n) is 1.48. The van der Waals surface area contributed by atoms with Crippen LogP contribution >= 0.6 is 0 Å². The Labute approximate surface area is 93.5 Å². The predicted octanol–water partition coefficient (Wildman–Crippen LogP) is 3.19. The van der Waals surface area contributed by atoms with E-state index in [9.17, 15) is 4.79 Å². The molecule has 0 saturated heterocycles. The highest BCUT2D eigenvalue weighted by molar-refractivity contribution is 5.65. The van der Waals surface area contributed by atoms with Gasteiger partial charge >= 0.3 is 5.97 Å². The first-order valence-corrected chi connectivity index (χ1v) is 6.17. The Morgan fingerprint density at radius 2 is 1.53 bits per heavy atom. The van der Waals surface area contributed by atoms with Crippen molar-refractivity contribution in [2.24, 2.45) is 0 Å². The SMILES string of the molecule is CCCCCCCCCCNOC(C)=O. The normalized spacial score (nSPS) is 10.3. The Hall–Kier alpha value is -0.570. The molecule has 0 aliphatic rings. The van der Waals surface area contributed by atoms with Gasteiger partial charge in [-0.1, -0.05) is 51.9 Å². The zero-order chi connectivity index (χ0) is 11.4. The Kier molecular flexibility index (Phi) is 11.1. The summed E-state index contributed by atoms with van der Waals surface area (Å²) < 4.78 is 0. The lowest BCUT2D eigenvalue weighted by atomic mass is 10.1. The minimum Gasteiger partial charge on any atom is -0.371 e.